The molecule has 3 heteroatoms. The molecule has 2 aromatic carbocycles. The number of aryl methyl sites for hydroxylation is 1. The Bertz CT molecular complexity index is 898. The summed E-state index contributed by atoms with van der Waals surface area (Å²) in [7, 11) is 0. The Labute approximate surface area is 148 Å². The largest absolute Gasteiger partial charge is 0.355 e. The Hall–Kier alpha value is -2.68. The second-order valence-electron chi connectivity index (χ2n) is 6.76. The summed E-state index contributed by atoms with van der Waals surface area (Å²) in [6, 6.07) is 18.6. The molecule has 1 heterocycles. The number of amides is 1. The lowest BCUT2D eigenvalue weighted by Gasteiger charge is -2.25. The molecule has 0 saturated carbocycles. The minimum absolute atomic E-state index is 0.0706. The van der Waals surface area contributed by atoms with E-state index >= 15 is 0 Å². The summed E-state index contributed by atoms with van der Waals surface area (Å²) in [6.45, 7) is 0.716. The maximum atomic E-state index is 12.5. The van der Waals surface area contributed by atoms with Gasteiger partial charge in [-0.2, -0.15) is 0 Å². The number of pyridine rings is 1. The molecule has 1 atom stereocenters. The first-order chi connectivity index (χ1) is 12.3. The maximum absolute atomic E-state index is 12.5. The van der Waals surface area contributed by atoms with Crippen molar-refractivity contribution in [2.24, 2.45) is 0 Å². The number of nitrogens with one attached hydrogen (secondary N) is 1. The van der Waals surface area contributed by atoms with E-state index in [1.165, 1.54) is 17.5 Å². The summed E-state index contributed by atoms with van der Waals surface area (Å²) >= 11 is 0. The second kappa shape index (κ2) is 7.06. The molecule has 1 amide bonds. The van der Waals surface area contributed by atoms with E-state index in [4.69, 9.17) is 0 Å². The van der Waals surface area contributed by atoms with Crippen molar-refractivity contribution in [1.29, 1.82) is 0 Å². The predicted octanol–water partition coefficient (Wildman–Crippen LogP) is 4.01. The number of nitrogens with zero attached hydrogens (tertiary/aromatic N) is 1. The van der Waals surface area contributed by atoms with Crippen molar-refractivity contribution in [1.82, 2.24) is 10.3 Å². The van der Waals surface area contributed by atoms with E-state index in [1.807, 2.05) is 30.3 Å². The predicted molar refractivity (Wildman–Crippen MR) is 101 cm³/mol. The van der Waals surface area contributed by atoms with Gasteiger partial charge < -0.3 is 5.32 Å². The van der Waals surface area contributed by atoms with Crippen LogP contribution in [0, 0.1) is 0 Å². The van der Waals surface area contributed by atoms with Gasteiger partial charge >= 0.3 is 0 Å². The first-order valence-electron chi connectivity index (χ1n) is 8.98. The van der Waals surface area contributed by atoms with E-state index in [2.05, 4.69) is 34.6 Å². The summed E-state index contributed by atoms with van der Waals surface area (Å²) in [6.07, 6.45) is 5.66. The highest BCUT2D eigenvalue weighted by Crippen LogP contribution is 2.30. The fraction of sp³-hybridized carbons (Fsp3) is 0.273. The van der Waals surface area contributed by atoms with Crippen LogP contribution in [0.4, 0.5) is 0 Å². The van der Waals surface area contributed by atoms with Crippen LogP contribution in [0.2, 0.25) is 0 Å². The third-order valence-corrected chi connectivity index (χ3v) is 5.11. The molecule has 0 saturated heterocycles. The quantitative estimate of drug-likeness (QED) is 0.785. The van der Waals surface area contributed by atoms with Gasteiger partial charge in [-0.3, -0.25) is 9.78 Å². The molecule has 1 aliphatic rings. The average Bonchev–Trinajstić information content (AvgIpc) is 2.66. The van der Waals surface area contributed by atoms with Crippen LogP contribution in [0.3, 0.4) is 0 Å². The zero-order valence-corrected chi connectivity index (χ0v) is 14.2. The Balaban J connectivity index is 1.43. The lowest BCUT2D eigenvalue weighted by Crippen LogP contribution is -2.31. The van der Waals surface area contributed by atoms with Gasteiger partial charge in [0.1, 0.15) is 0 Å². The van der Waals surface area contributed by atoms with Crippen molar-refractivity contribution >= 4 is 16.8 Å². The van der Waals surface area contributed by atoms with Crippen LogP contribution in [0.5, 0.6) is 0 Å². The highest BCUT2D eigenvalue weighted by atomic mass is 16.1. The molecule has 3 nitrogen and oxygen atoms in total. The number of para-hydroxylation sites is 1. The van der Waals surface area contributed by atoms with Gasteiger partial charge in [-0.05, 0) is 42.0 Å². The molecule has 126 valence electrons. The Kier molecular flexibility index (Phi) is 4.47. The van der Waals surface area contributed by atoms with Crippen molar-refractivity contribution in [2.75, 3.05) is 6.54 Å². The zero-order chi connectivity index (χ0) is 17.1. The Morgan fingerprint density at radius 3 is 2.92 bits per heavy atom. The van der Waals surface area contributed by atoms with E-state index in [0.29, 0.717) is 18.9 Å². The molecule has 0 spiro atoms. The molecular weight excluding hydrogens is 308 g/mol. The van der Waals surface area contributed by atoms with Crippen LogP contribution in [-0.2, 0) is 17.6 Å². The van der Waals surface area contributed by atoms with Gasteiger partial charge in [0.05, 0.1) is 11.9 Å². The number of hydrogen-bond acceptors (Lipinski definition) is 2. The first kappa shape index (κ1) is 15.8. The standard InChI is InChI=1S/C22H22N2O/c25-21(14-18-9-4-8-17-11-5-13-23-22(17)18)24-15-19-10-3-7-16-6-1-2-12-20(16)19/h1-2,4-6,8-9,11-13,19H,3,7,10,14-15H2,(H,24,25). The van der Waals surface area contributed by atoms with E-state index in [-0.39, 0.29) is 5.91 Å². The van der Waals surface area contributed by atoms with Crippen LogP contribution in [0.1, 0.15) is 35.4 Å². The number of aromatic nitrogens is 1. The number of benzene rings is 2. The van der Waals surface area contributed by atoms with Gasteiger partial charge in [0, 0.05) is 24.0 Å². The molecule has 1 aromatic heterocycles. The monoisotopic (exact) mass is 330 g/mol. The van der Waals surface area contributed by atoms with Crippen molar-refractivity contribution < 1.29 is 4.79 Å². The van der Waals surface area contributed by atoms with E-state index < -0.39 is 0 Å². The molecular formula is C22H22N2O. The fourth-order valence-electron chi connectivity index (χ4n) is 3.85. The van der Waals surface area contributed by atoms with Crippen molar-refractivity contribution in [3.8, 4) is 0 Å². The molecule has 25 heavy (non-hydrogen) atoms. The van der Waals surface area contributed by atoms with Gasteiger partial charge in [-0.15, -0.1) is 0 Å². The first-order valence-corrected chi connectivity index (χ1v) is 8.98. The SMILES string of the molecule is O=C(Cc1cccc2cccnc12)NCC1CCCc2ccccc21. The topological polar surface area (TPSA) is 42.0 Å². The minimum Gasteiger partial charge on any atom is -0.355 e. The van der Waals surface area contributed by atoms with Gasteiger partial charge in [-0.25, -0.2) is 0 Å². The number of carbonyl (C=O) groups is 1. The zero-order valence-electron chi connectivity index (χ0n) is 14.2. The number of fused-ring (bicyclic) bond motifs is 2. The van der Waals surface area contributed by atoms with E-state index in [0.717, 1.165) is 29.3 Å². The van der Waals surface area contributed by atoms with E-state index in [9.17, 15) is 4.79 Å². The molecule has 0 radical (unpaired) electrons. The summed E-state index contributed by atoms with van der Waals surface area (Å²) in [5.74, 6) is 0.501. The normalized spacial score (nSPS) is 16.4. The fourth-order valence-corrected chi connectivity index (χ4v) is 3.85. The summed E-state index contributed by atoms with van der Waals surface area (Å²) in [5, 5.41) is 4.22. The lowest BCUT2D eigenvalue weighted by molar-refractivity contribution is -0.120. The van der Waals surface area contributed by atoms with Crippen molar-refractivity contribution in [2.45, 2.75) is 31.6 Å². The highest BCUT2D eigenvalue weighted by molar-refractivity contribution is 5.87. The van der Waals surface area contributed by atoms with Crippen LogP contribution in [0.15, 0.2) is 60.8 Å². The maximum Gasteiger partial charge on any atom is 0.224 e. The van der Waals surface area contributed by atoms with Crippen molar-refractivity contribution in [3.05, 3.63) is 77.5 Å². The summed E-state index contributed by atoms with van der Waals surface area (Å²) in [4.78, 5) is 16.9. The van der Waals surface area contributed by atoms with Crippen molar-refractivity contribution in [3.63, 3.8) is 0 Å². The summed E-state index contributed by atoms with van der Waals surface area (Å²) in [5.41, 5.74) is 4.75. The van der Waals surface area contributed by atoms with Crippen LogP contribution >= 0.6 is 0 Å². The molecule has 1 unspecified atom stereocenters. The molecule has 0 fully saturated rings. The molecule has 0 aliphatic heterocycles. The highest BCUT2D eigenvalue weighted by Gasteiger charge is 2.20. The summed E-state index contributed by atoms with van der Waals surface area (Å²) < 4.78 is 0. The van der Waals surface area contributed by atoms with Gasteiger partial charge in [0.25, 0.3) is 0 Å². The number of carbonyl (C=O) groups excluding carboxylic acids is 1. The third-order valence-electron chi connectivity index (χ3n) is 5.11. The molecule has 3 aromatic rings. The van der Waals surface area contributed by atoms with Gasteiger partial charge in [-0.1, -0.05) is 48.5 Å². The smallest absolute Gasteiger partial charge is 0.224 e. The molecule has 4 rings (SSSR count). The second-order valence-corrected chi connectivity index (χ2v) is 6.76. The third kappa shape index (κ3) is 3.41. The molecule has 0 bridgehead atoms. The van der Waals surface area contributed by atoms with Crippen LogP contribution < -0.4 is 5.32 Å². The van der Waals surface area contributed by atoms with Crippen LogP contribution in [0.25, 0.3) is 10.9 Å². The Morgan fingerprint density at radius 1 is 1.08 bits per heavy atom. The molecule has 1 aliphatic carbocycles. The lowest BCUT2D eigenvalue weighted by atomic mass is 9.83. The molecule has 1 N–H and O–H groups in total. The Morgan fingerprint density at radius 2 is 1.96 bits per heavy atom. The minimum atomic E-state index is 0.0706. The van der Waals surface area contributed by atoms with Crippen LogP contribution in [-0.4, -0.2) is 17.4 Å². The number of hydrogen-bond donors (Lipinski definition) is 1. The van der Waals surface area contributed by atoms with Gasteiger partial charge in [0.15, 0.2) is 0 Å². The van der Waals surface area contributed by atoms with E-state index in [1.54, 1.807) is 6.20 Å². The van der Waals surface area contributed by atoms with Gasteiger partial charge in [0.2, 0.25) is 5.91 Å². The average molecular weight is 330 g/mol. The number of rotatable bonds is 4.